The summed E-state index contributed by atoms with van der Waals surface area (Å²) in [4.78, 5) is 26.6. The molecule has 1 saturated carbocycles. The molecule has 1 aliphatic heterocycles. The van der Waals surface area contributed by atoms with E-state index in [-0.39, 0.29) is 23.2 Å². The number of urea groups is 1. The van der Waals surface area contributed by atoms with E-state index in [2.05, 4.69) is 15.5 Å². The summed E-state index contributed by atoms with van der Waals surface area (Å²) in [6.07, 6.45) is 5.25. The fourth-order valence-corrected chi connectivity index (χ4v) is 4.54. The van der Waals surface area contributed by atoms with Crippen molar-refractivity contribution in [2.24, 2.45) is 5.92 Å². The highest BCUT2D eigenvalue weighted by Gasteiger charge is 2.45. The third-order valence-corrected chi connectivity index (χ3v) is 6.33. The van der Waals surface area contributed by atoms with Gasteiger partial charge in [-0.3, -0.25) is 4.79 Å². The fraction of sp³-hybridized carbons (Fsp3) is 0.440. The number of anilines is 1. The summed E-state index contributed by atoms with van der Waals surface area (Å²) in [5.41, 5.74) is 2.22. The number of nitrogens with zero attached hydrogens (tertiary/aromatic N) is 1. The van der Waals surface area contributed by atoms with Gasteiger partial charge in [0.05, 0.1) is 5.54 Å². The van der Waals surface area contributed by atoms with Crippen LogP contribution in [0.3, 0.4) is 0 Å². The van der Waals surface area contributed by atoms with E-state index in [1.807, 2.05) is 12.1 Å². The Bertz CT molecular complexity index is 940. The smallest absolute Gasteiger partial charge is 0.319 e. The maximum Gasteiger partial charge on any atom is 0.319 e. The van der Waals surface area contributed by atoms with Gasteiger partial charge in [-0.2, -0.15) is 0 Å². The maximum absolute atomic E-state index is 13.2. The number of likely N-dealkylation sites (tertiary alicyclic amines) is 1. The molecule has 2 aromatic carbocycles. The van der Waals surface area contributed by atoms with Crippen molar-refractivity contribution in [2.75, 3.05) is 25.0 Å². The first-order valence-corrected chi connectivity index (χ1v) is 11.1. The fourth-order valence-electron chi connectivity index (χ4n) is 4.54. The number of hydrogen-bond donors (Lipinski definition) is 2. The van der Waals surface area contributed by atoms with Crippen molar-refractivity contribution in [2.45, 2.75) is 44.6 Å². The van der Waals surface area contributed by atoms with E-state index in [1.54, 1.807) is 24.3 Å². The molecule has 0 radical (unpaired) electrons. The number of hydrogen-bond acceptors (Lipinski definition) is 3. The molecular weight excluding hydrogens is 393 g/mol. The average molecular weight is 424 g/mol. The molecule has 0 aromatic heterocycles. The van der Waals surface area contributed by atoms with E-state index in [9.17, 15) is 14.0 Å². The molecule has 164 valence electrons. The zero-order valence-electron chi connectivity index (χ0n) is 18.0. The topological polar surface area (TPSA) is 61.4 Å². The van der Waals surface area contributed by atoms with Crippen LogP contribution in [0.1, 0.15) is 48.5 Å². The highest BCUT2D eigenvalue weighted by atomic mass is 19.1. The van der Waals surface area contributed by atoms with Crippen LogP contribution in [0.25, 0.3) is 0 Å². The Balaban J connectivity index is 1.29. The molecule has 2 fully saturated rings. The Hall–Kier alpha value is -2.73. The molecule has 2 amide bonds. The molecule has 2 aliphatic rings. The lowest BCUT2D eigenvalue weighted by Gasteiger charge is -2.35. The summed E-state index contributed by atoms with van der Waals surface area (Å²) in [5, 5.41) is 6.03. The quantitative estimate of drug-likeness (QED) is 0.638. The van der Waals surface area contributed by atoms with Gasteiger partial charge in [-0.15, -0.1) is 0 Å². The molecule has 31 heavy (non-hydrogen) atoms. The number of benzene rings is 2. The third kappa shape index (κ3) is 5.91. The van der Waals surface area contributed by atoms with Crippen molar-refractivity contribution in [3.8, 4) is 0 Å². The Kier molecular flexibility index (Phi) is 6.37. The number of rotatable bonds is 7. The van der Waals surface area contributed by atoms with E-state index >= 15 is 0 Å². The van der Waals surface area contributed by atoms with Crippen LogP contribution >= 0.6 is 0 Å². The van der Waals surface area contributed by atoms with Gasteiger partial charge < -0.3 is 15.5 Å². The van der Waals surface area contributed by atoms with Gasteiger partial charge in [0.1, 0.15) is 5.82 Å². The van der Waals surface area contributed by atoms with Crippen LogP contribution in [0.15, 0.2) is 48.5 Å². The molecule has 1 atom stereocenters. The second kappa shape index (κ2) is 9.18. The largest absolute Gasteiger partial charge is 0.331 e. The Morgan fingerprint density at radius 2 is 1.94 bits per heavy atom. The number of carbonyl (C=O) groups excluding carboxylic acids is 2. The molecular formula is C25H30FN3O2. The molecule has 0 bridgehead atoms. The number of piperidine rings is 1. The van der Waals surface area contributed by atoms with Gasteiger partial charge in [-0.1, -0.05) is 24.3 Å². The lowest BCUT2D eigenvalue weighted by molar-refractivity contribution is 0.101. The summed E-state index contributed by atoms with van der Waals surface area (Å²) in [7, 11) is 0. The lowest BCUT2D eigenvalue weighted by Crippen LogP contribution is -2.49. The summed E-state index contributed by atoms with van der Waals surface area (Å²) >= 11 is 0. The lowest BCUT2D eigenvalue weighted by atomic mass is 9.91. The SMILES string of the molecule is CC(=O)c1cccc(NC(=O)NC2(CN3CCC[C@@H](Cc4ccc(F)cc4)C3)CC2)c1. The van der Waals surface area contributed by atoms with Crippen LogP contribution in [0.5, 0.6) is 0 Å². The number of halogens is 1. The molecule has 2 aromatic rings. The molecule has 2 N–H and O–H groups in total. The van der Waals surface area contributed by atoms with Crippen LogP contribution in [0.4, 0.5) is 14.9 Å². The monoisotopic (exact) mass is 423 g/mol. The normalized spacial score (nSPS) is 20.1. The van der Waals surface area contributed by atoms with Crippen LogP contribution in [-0.4, -0.2) is 41.9 Å². The summed E-state index contributed by atoms with van der Waals surface area (Å²) in [5.74, 6) is 0.336. The van der Waals surface area contributed by atoms with Gasteiger partial charge >= 0.3 is 6.03 Å². The van der Waals surface area contributed by atoms with Gasteiger partial charge in [0, 0.05) is 24.3 Å². The molecule has 1 aliphatic carbocycles. The molecule has 5 nitrogen and oxygen atoms in total. The van der Waals surface area contributed by atoms with Crippen molar-refractivity contribution in [3.05, 3.63) is 65.5 Å². The zero-order valence-corrected chi connectivity index (χ0v) is 18.0. The molecule has 0 unspecified atom stereocenters. The van der Waals surface area contributed by atoms with Gasteiger partial charge in [-0.25, -0.2) is 9.18 Å². The van der Waals surface area contributed by atoms with Gasteiger partial charge in [-0.05, 0) is 81.3 Å². The Morgan fingerprint density at radius 1 is 1.16 bits per heavy atom. The van der Waals surface area contributed by atoms with Crippen molar-refractivity contribution in [1.29, 1.82) is 0 Å². The molecule has 1 heterocycles. The molecule has 0 spiro atoms. The first-order valence-electron chi connectivity index (χ1n) is 11.1. The van der Waals surface area contributed by atoms with E-state index < -0.39 is 0 Å². The zero-order chi connectivity index (χ0) is 21.8. The van der Waals surface area contributed by atoms with E-state index in [0.29, 0.717) is 17.2 Å². The highest BCUT2D eigenvalue weighted by Crippen LogP contribution is 2.37. The van der Waals surface area contributed by atoms with Crippen molar-refractivity contribution in [3.63, 3.8) is 0 Å². The minimum atomic E-state index is -0.224. The van der Waals surface area contributed by atoms with Crippen LogP contribution in [0, 0.1) is 11.7 Å². The van der Waals surface area contributed by atoms with E-state index in [4.69, 9.17) is 0 Å². The third-order valence-electron chi connectivity index (χ3n) is 6.33. The number of nitrogens with one attached hydrogen (secondary N) is 2. The Labute approximate surface area is 183 Å². The van der Waals surface area contributed by atoms with Crippen LogP contribution in [-0.2, 0) is 6.42 Å². The minimum Gasteiger partial charge on any atom is -0.331 e. The maximum atomic E-state index is 13.2. The number of carbonyl (C=O) groups is 2. The van der Waals surface area contributed by atoms with E-state index in [1.165, 1.54) is 31.0 Å². The second-order valence-electron chi connectivity index (χ2n) is 9.07. The average Bonchev–Trinajstić information content (AvgIpc) is 3.48. The summed E-state index contributed by atoms with van der Waals surface area (Å²) < 4.78 is 13.2. The highest BCUT2D eigenvalue weighted by molar-refractivity contribution is 5.96. The predicted molar refractivity (Wildman–Crippen MR) is 120 cm³/mol. The first-order chi connectivity index (χ1) is 14.9. The van der Waals surface area contributed by atoms with Gasteiger partial charge in [0.25, 0.3) is 0 Å². The van der Waals surface area contributed by atoms with Crippen molar-refractivity contribution in [1.82, 2.24) is 10.2 Å². The summed E-state index contributed by atoms with van der Waals surface area (Å²) in [6, 6.07) is 13.6. The van der Waals surface area contributed by atoms with E-state index in [0.717, 1.165) is 45.3 Å². The van der Waals surface area contributed by atoms with Crippen molar-refractivity contribution < 1.29 is 14.0 Å². The second-order valence-corrected chi connectivity index (χ2v) is 9.07. The van der Waals surface area contributed by atoms with Crippen LogP contribution < -0.4 is 10.6 Å². The number of amides is 2. The predicted octanol–water partition coefficient (Wildman–Crippen LogP) is 4.64. The van der Waals surface area contributed by atoms with Crippen molar-refractivity contribution >= 4 is 17.5 Å². The first kappa shape index (κ1) is 21.5. The standard InChI is InChI=1S/C25H30FN3O2/c1-18(30)21-5-2-6-23(15-21)27-24(31)28-25(11-12-25)17-29-13-3-4-20(16-29)14-19-7-9-22(26)10-8-19/h2,5-10,15,20H,3-4,11-14,16-17H2,1H3,(H2,27,28,31)/t20-/m0/s1. The minimum absolute atomic E-state index is 0.0250. The molecule has 4 rings (SSSR count). The summed E-state index contributed by atoms with van der Waals surface area (Å²) in [6.45, 7) is 4.42. The van der Waals surface area contributed by atoms with Gasteiger partial charge in [0.15, 0.2) is 5.78 Å². The van der Waals surface area contributed by atoms with Crippen LogP contribution in [0.2, 0.25) is 0 Å². The molecule has 1 saturated heterocycles. The Morgan fingerprint density at radius 3 is 2.65 bits per heavy atom. The number of Topliss-reactive ketones (excluding diaryl/α,β-unsaturated/α-hetero) is 1. The molecule has 6 heteroatoms. The number of ketones is 1. The van der Waals surface area contributed by atoms with Gasteiger partial charge in [0.2, 0.25) is 0 Å².